The molecule has 2 rings (SSSR count). The molecule has 1 fully saturated rings. The van der Waals surface area contributed by atoms with Crippen LogP contribution in [0.25, 0.3) is 5.47 Å². The first kappa shape index (κ1) is 18.1. The van der Waals surface area contributed by atoms with Crippen LogP contribution >= 0.6 is 0 Å². The van der Waals surface area contributed by atoms with Crippen LogP contribution in [0.3, 0.4) is 0 Å². The van der Waals surface area contributed by atoms with Gasteiger partial charge in [0.25, 0.3) is 0 Å². The normalized spacial score (nSPS) is 20.1. The van der Waals surface area contributed by atoms with Crippen molar-refractivity contribution in [3.05, 3.63) is 42.0 Å². The molecule has 0 aliphatic carbocycles. The first-order valence-electron chi connectivity index (χ1n) is 8.16. The Kier molecular flexibility index (Phi) is 4.96. The van der Waals surface area contributed by atoms with E-state index >= 15 is 0 Å². The predicted molar refractivity (Wildman–Crippen MR) is 102 cm³/mol. The van der Waals surface area contributed by atoms with Crippen LogP contribution in [-0.2, 0) is 9.31 Å². The van der Waals surface area contributed by atoms with Crippen molar-refractivity contribution in [2.75, 3.05) is 0 Å². The smallest absolute Gasteiger partial charge is 0.399 e. The molecule has 0 amide bonds. The summed E-state index contributed by atoms with van der Waals surface area (Å²) in [6.07, 6.45) is 1.97. The van der Waals surface area contributed by atoms with E-state index in [4.69, 9.17) is 9.31 Å². The molecular weight excluding hydrogens is 299 g/mol. The zero-order chi connectivity index (χ0) is 17.3. The van der Waals surface area contributed by atoms with Crippen molar-refractivity contribution < 1.29 is 9.31 Å². The van der Waals surface area contributed by atoms with E-state index in [9.17, 15) is 0 Å². The van der Waals surface area contributed by atoms with E-state index < -0.39 is 15.2 Å². The molecule has 0 radical (unpaired) electrons. The average molecular weight is 326 g/mol. The third-order valence-corrected chi connectivity index (χ3v) is 5.18. The summed E-state index contributed by atoms with van der Waals surface area (Å²) in [6.45, 7) is 15.0. The van der Waals surface area contributed by atoms with Crippen molar-refractivity contribution in [2.45, 2.75) is 58.5 Å². The number of hydrogen-bond acceptors (Lipinski definition) is 2. The van der Waals surface area contributed by atoms with Gasteiger partial charge in [-0.2, -0.15) is 0 Å². The second-order valence-corrected chi connectivity index (χ2v) is 12.8. The summed E-state index contributed by atoms with van der Waals surface area (Å²) in [6, 6.07) is 10.2. The van der Waals surface area contributed by atoms with E-state index in [-0.39, 0.29) is 11.2 Å². The Balaban J connectivity index is 2.40. The molecule has 0 N–H and O–H groups in total. The molecule has 0 atom stereocenters. The van der Waals surface area contributed by atoms with Crippen LogP contribution in [0.15, 0.2) is 36.4 Å². The zero-order valence-corrected chi connectivity index (χ0v) is 16.4. The molecule has 0 spiro atoms. The number of benzene rings is 1. The van der Waals surface area contributed by atoms with E-state index in [1.165, 1.54) is 0 Å². The highest BCUT2D eigenvalue weighted by Crippen LogP contribution is 2.40. The second-order valence-electron chi connectivity index (χ2n) is 8.07. The lowest BCUT2D eigenvalue weighted by molar-refractivity contribution is 0.00578. The van der Waals surface area contributed by atoms with Crippen molar-refractivity contribution in [3.63, 3.8) is 0 Å². The molecule has 1 aromatic rings. The molecule has 122 valence electrons. The van der Waals surface area contributed by atoms with Gasteiger partial charge in [-0.25, -0.2) is 0 Å². The Bertz CT molecular complexity index is 629. The highest BCUT2D eigenvalue weighted by molar-refractivity contribution is 6.84. The van der Waals surface area contributed by atoms with Crippen LogP contribution in [0.5, 0.6) is 0 Å². The molecule has 0 saturated carbocycles. The van der Waals surface area contributed by atoms with Gasteiger partial charge in [0.05, 0.1) is 11.2 Å². The van der Waals surface area contributed by atoms with Crippen LogP contribution in [-0.4, -0.2) is 26.4 Å². The molecular formula is C19H27BO2Si. The summed E-state index contributed by atoms with van der Waals surface area (Å²) in [4.78, 5) is 0. The third-order valence-electron chi connectivity index (χ3n) is 4.29. The van der Waals surface area contributed by atoms with Gasteiger partial charge in [0, 0.05) is 0 Å². The predicted octanol–water partition coefficient (Wildman–Crippen LogP) is 4.58. The Morgan fingerprint density at radius 1 is 1.00 bits per heavy atom. The minimum absolute atomic E-state index is 0.349. The molecule has 2 nitrogen and oxygen atoms in total. The summed E-state index contributed by atoms with van der Waals surface area (Å²) < 4.78 is 12.4. The van der Waals surface area contributed by atoms with Gasteiger partial charge in [-0.3, -0.25) is 0 Å². The highest BCUT2D eigenvalue weighted by Gasteiger charge is 2.52. The fraction of sp³-hybridized carbons (Fsp3) is 0.474. The van der Waals surface area contributed by atoms with Gasteiger partial charge in [-0.05, 0) is 44.8 Å². The van der Waals surface area contributed by atoms with E-state index in [2.05, 4.69) is 70.9 Å². The Morgan fingerprint density at radius 2 is 1.52 bits per heavy atom. The molecule has 1 aliphatic rings. The van der Waals surface area contributed by atoms with Crippen molar-refractivity contribution in [3.8, 4) is 11.5 Å². The number of hydrogen-bond donors (Lipinski definition) is 0. The molecule has 1 heterocycles. The maximum Gasteiger partial charge on any atom is 0.496 e. The minimum atomic E-state index is -1.41. The van der Waals surface area contributed by atoms with Gasteiger partial charge >= 0.3 is 7.12 Å². The molecule has 1 saturated heterocycles. The Morgan fingerprint density at radius 3 is 2.00 bits per heavy atom. The quantitative estimate of drug-likeness (QED) is 0.585. The topological polar surface area (TPSA) is 18.5 Å². The fourth-order valence-electron chi connectivity index (χ4n) is 2.22. The van der Waals surface area contributed by atoms with Gasteiger partial charge in [0.1, 0.15) is 8.07 Å². The number of allylic oxidation sites excluding steroid dienone is 1. The van der Waals surface area contributed by atoms with E-state index in [0.29, 0.717) is 0 Å². The van der Waals surface area contributed by atoms with Crippen LogP contribution < -0.4 is 0 Å². The minimum Gasteiger partial charge on any atom is -0.399 e. The zero-order valence-electron chi connectivity index (χ0n) is 15.4. The van der Waals surface area contributed by atoms with Crippen molar-refractivity contribution in [2.24, 2.45) is 0 Å². The molecule has 4 heteroatoms. The largest absolute Gasteiger partial charge is 0.496 e. The van der Waals surface area contributed by atoms with Crippen molar-refractivity contribution in [1.82, 2.24) is 0 Å². The lowest BCUT2D eigenvalue weighted by atomic mass is 9.74. The molecule has 23 heavy (non-hydrogen) atoms. The Labute approximate surface area is 142 Å². The van der Waals surface area contributed by atoms with Crippen LogP contribution in [0, 0.1) is 11.5 Å². The second kappa shape index (κ2) is 6.32. The van der Waals surface area contributed by atoms with E-state index in [1.54, 1.807) is 0 Å². The lowest BCUT2D eigenvalue weighted by Crippen LogP contribution is -2.41. The fourth-order valence-corrected chi connectivity index (χ4v) is 2.72. The summed E-state index contributed by atoms with van der Waals surface area (Å²) in [5.41, 5.74) is 4.78. The van der Waals surface area contributed by atoms with Crippen LogP contribution in [0.1, 0.15) is 33.3 Å². The summed E-state index contributed by atoms with van der Waals surface area (Å²) in [5, 5.41) is 0. The van der Waals surface area contributed by atoms with Crippen LogP contribution in [0.2, 0.25) is 19.6 Å². The SMILES string of the molecule is CC1(C)OB(/C(=C/C#C[Si](C)(C)C)c2ccccc2)OC1(C)C. The van der Waals surface area contributed by atoms with Crippen molar-refractivity contribution in [1.29, 1.82) is 0 Å². The first-order valence-corrected chi connectivity index (χ1v) is 11.7. The van der Waals surface area contributed by atoms with Gasteiger partial charge in [0.2, 0.25) is 0 Å². The van der Waals surface area contributed by atoms with Crippen molar-refractivity contribution >= 4 is 20.7 Å². The van der Waals surface area contributed by atoms with E-state index in [0.717, 1.165) is 11.0 Å². The highest BCUT2D eigenvalue weighted by atomic mass is 28.3. The average Bonchev–Trinajstić information content (AvgIpc) is 2.63. The molecule has 1 aromatic carbocycles. The number of rotatable bonds is 2. The summed E-state index contributed by atoms with van der Waals surface area (Å²) >= 11 is 0. The van der Waals surface area contributed by atoms with Crippen LogP contribution in [0.4, 0.5) is 0 Å². The van der Waals surface area contributed by atoms with Gasteiger partial charge in [0.15, 0.2) is 0 Å². The molecule has 0 unspecified atom stereocenters. The van der Waals surface area contributed by atoms with Gasteiger partial charge in [-0.15, -0.1) is 5.54 Å². The summed E-state index contributed by atoms with van der Waals surface area (Å²) in [7, 11) is -1.80. The molecule has 1 aliphatic heterocycles. The maximum absolute atomic E-state index is 6.22. The lowest BCUT2D eigenvalue weighted by Gasteiger charge is -2.32. The van der Waals surface area contributed by atoms with Gasteiger partial charge < -0.3 is 9.31 Å². The maximum atomic E-state index is 6.22. The Hall–Kier alpha value is -1.28. The molecule has 0 bridgehead atoms. The van der Waals surface area contributed by atoms with E-state index in [1.807, 2.05) is 24.3 Å². The summed E-state index contributed by atoms with van der Waals surface area (Å²) in [5.74, 6) is 3.25. The van der Waals surface area contributed by atoms with Gasteiger partial charge in [-0.1, -0.05) is 55.9 Å². The molecule has 0 aromatic heterocycles. The monoisotopic (exact) mass is 326 g/mol. The third kappa shape index (κ3) is 4.38. The standard InChI is InChI=1S/C19H27BO2Si/c1-18(2)19(3,4)22-20(21-18)17(14-11-15-23(5,6)7)16-12-9-8-10-13-16/h8-10,12-14H,1-7H3/b17-14+. The first-order chi connectivity index (χ1) is 10.5.